The van der Waals surface area contributed by atoms with Gasteiger partial charge in [-0.15, -0.1) is 0 Å². The fourth-order valence-corrected chi connectivity index (χ4v) is 3.87. The van der Waals surface area contributed by atoms with E-state index in [1.165, 1.54) is 25.1 Å². The molecule has 2 fully saturated rings. The van der Waals surface area contributed by atoms with Crippen LogP contribution >= 0.6 is 0 Å². The van der Waals surface area contributed by atoms with Crippen LogP contribution in [0.15, 0.2) is 30.9 Å². The van der Waals surface area contributed by atoms with E-state index < -0.39 is 11.7 Å². The Morgan fingerprint density at radius 3 is 2.87 bits per heavy atom. The number of halogens is 1. The lowest BCUT2D eigenvalue weighted by Crippen LogP contribution is -2.28. The molecule has 30 heavy (non-hydrogen) atoms. The first-order valence-corrected chi connectivity index (χ1v) is 10.3. The lowest BCUT2D eigenvalue weighted by Gasteiger charge is -2.17. The maximum Gasteiger partial charge on any atom is 0.275 e. The molecule has 4 heterocycles. The van der Waals surface area contributed by atoms with Crippen molar-refractivity contribution in [3.63, 3.8) is 0 Å². The molecule has 0 bridgehead atoms. The van der Waals surface area contributed by atoms with Crippen molar-refractivity contribution >= 4 is 23.1 Å². The molecule has 3 aromatic heterocycles. The van der Waals surface area contributed by atoms with Gasteiger partial charge in [-0.1, -0.05) is 0 Å². The quantitative estimate of drug-likeness (QED) is 0.650. The highest BCUT2D eigenvalue weighted by atomic mass is 19.1. The maximum absolute atomic E-state index is 14.2. The number of imidazole rings is 1. The van der Waals surface area contributed by atoms with E-state index in [0.717, 1.165) is 37.9 Å². The van der Waals surface area contributed by atoms with Gasteiger partial charge in [0.1, 0.15) is 11.5 Å². The molecule has 1 atom stereocenters. The predicted molar refractivity (Wildman–Crippen MR) is 111 cm³/mol. The summed E-state index contributed by atoms with van der Waals surface area (Å²) in [4.78, 5) is 27.5. The summed E-state index contributed by atoms with van der Waals surface area (Å²) >= 11 is 0. The van der Waals surface area contributed by atoms with Gasteiger partial charge in [-0.05, 0) is 38.6 Å². The van der Waals surface area contributed by atoms with Crippen LogP contribution in [-0.2, 0) is 0 Å². The lowest BCUT2D eigenvalue weighted by atomic mass is 10.1. The molecule has 0 radical (unpaired) electrons. The lowest BCUT2D eigenvalue weighted by molar-refractivity contribution is 0.102. The van der Waals surface area contributed by atoms with Crippen LogP contribution in [0.3, 0.4) is 0 Å². The SMILES string of the molecule is Cc1cn2cc(NC(=O)c3cnc(N4CCC(CNC5CC5)C4)cn3)cc(F)c2n1. The molecule has 1 aliphatic carbocycles. The van der Waals surface area contributed by atoms with Crippen molar-refractivity contribution in [3.05, 3.63) is 48.1 Å². The molecule has 9 heteroatoms. The molecule has 2 aliphatic rings. The molecule has 156 valence electrons. The molecule has 5 rings (SSSR count). The van der Waals surface area contributed by atoms with Crippen molar-refractivity contribution in [1.29, 1.82) is 0 Å². The van der Waals surface area contributed by atoms with Crippen molar-refractivity contribution < 1.29 is 9.18 Å². The zero-order valence-electron chi connectivity index (χ0n) is 16.8. The number of nitrogens with zero attached hydrogens (tertiary/aromatic N) is 5. The fourth-order valence-electron chi connectivity index (χ4n) is 3.87. The number of amides is 1. The van der Waals surface area contributed by atoms with E-state index in [1.54, 1.807) is 29.9 Å². The summed E-state index contributed by atoms with van der Waals surface area (Å²) in [5, 5.41) is 6.26. The van der Waals surface area contributed by atoms with Gasteiger partial charge in [-0.3, -0.25) is 4.79 Å². The molecule has 0 aromatic carbocycles. The number of fused-ring (bicyclic) bond motifs is 1. The monoisotopic (exact) mass is 409 g/mol. The number of carbonyl (C=O) groups excluding carboxylic acids is 1. The molecule has 0 spiro atoms. The van der Waals surface area contributed by atoms with Crippen LogP contribution in [0.25, 0.3) is 5.65 Å². The zero-order chi connectivity index (χ0) is 20.7. The van der Waals surface area contributed by atoms with Gasteiger partial charge >= 0.3 is 0 Å². The summed E-state index contributed by atoms with van der Waals surface area (Å²) in [6.07, 6.45) is 10.2. The van der Waals surface area contributed by atoms with E-state index in [2.05, 4.69) is 30.5 Å². The molecule has 3 aromatic rings. The number of rotatable bonds is 6. The summed E-state index contributed by atoms with van der Waals surface area (Å²) in [5.74, 6) is 0.466. The molecule has 1 saturated carbocycles. The van der Waals surface area contributed by atoms with Crippen LogP contribution in [0.4, 0.5) is 15.9 Å². The average Bonchev–Trinajstić information content (AvgIpc) is 3.30. The van der Waals surface area contributed by atoms with Gasteiger partial charge in [0.25, 0.3) is 5.91 Å². The molecule has 2 N–H and O–H groups in total. The number of hydrogen-bond donors (Lipinski definition) is 2. The van der Waals surface area contributed by atoms with Crippen LogP contribution < -0.4 is 15.5 Å². The van der Waals surface area contributed by atoms with Gasteiger partial charge < -0.3 is 19.9 Å². The summed E-state index contributed by atoms with van der Waals surface area (Å²) in [6, 6.07) is 1.98. The highest BCUT2D eigenvalue weighted by Gasteiger charge is 2.27. The van der Waals surface area contributed by atoms with E-state index in [4.69, 9.17) is 0 Å². The first-order valence-electron chi connectivity index (χ1n) is 10.3. The van der Waals surface area contributed by atoms with E-state index in [-0.39, 0.29) is 11.3 Å². The number of anilines is 2. The highest BCUT2D eigenvalue weighted by Crippen LogP contribution is 2.24. The van der Waals surface area contributed by atoms with E-state index in [0.29, 0.717) is 17.3 Å². The minimum Gasteiger partial charge on any atom is -0.355 e. The minimum absolute atomic E-state index is 0.187. The topological polar surface area (TPSA) is 87.5 Å². The summed E-state index contributed by atoms with van der Waals surface area (Å²) < 4.78 is 15.8. The smallest absolute Gasteiger partial charge is 0.275 e. The maximum atomic E-state index is 14.2. The first kappa shape index (κ1) is 18.9. The second-order valence-corrected chi connectivity index (χ2v) is 8.19. The molecule has 1 amide bonds. The van der Waals surface area contributed by atoms with Crippen molar-refractivity contribution in [3.8, 4) is 0 Å². The Kier molecular flexibility index (Phi) is 4.82. The predicted octanol–water partition coefficient (Wildman–Crippen LogP) is 2.40. The van der Waals surface area contributed by atoms with Crippen molar-refractivity contribution in [2.75, 3.05) is 29.9 Å². The Balaban J connectivity index is 1.22. The molecule has 1 unspecified atom stereocenters. The van der Waals surface area contributed by atoms with Gasteiger partial charge in [-0.2, -0.15) is 0 Å². The number of pyridine rings is 1. The molecule has 1 aliphatic heterocycles. The Hall–Kier alpha value is -3.07. The Bertz CT molecular complexity index is 1080. The third kappa shape index (κ3) is 3.97. The normalized spacial score (nSPS) is 18.9. The number of aryl methyl sites for hydroxylation is 1. The van der Waals surface area contributed by atoms with Crippen molar-refractivity contribution in [1.82, 2.24) is 24.7 Å². The Labute approximate surface area is 173 Å². The zero-order valence-corrected chi connectivity index (χ0v) is 16.8. The standard InChI is InChI=1S/C21H24FN7O/c1-13-10-29-12-16(6-17(22)20(29)26-13)27-21(30)18-8-25-19(9-24-18)28-5-4-14(11-28)7-23-15-2-3-15/h6,8-10,12,14-15,23H,2-5,7,11H2,1H3,(H,27,30). The molecule has 1 saturated heterocycles. The third-order valence-corrected chi connectivity index (χ3v) is 5.64. The summed E-state index contributed by atoms with van der Waals surface area (Å²) in [5.41, 5.74) is 1.45. The summed E-state index contributed by atoms with van der Waals surface area (Å²) in [6.45, 7) is 4.73. The third-order valence-electron chi connectivity index (χ3n) is 5.64. The largest absolute Gasteiger partial charge is 0.355 e. The van der Waals surface area contributed by atoms with Crippen LogP contribution in [-0.4, -0.2) is 50.9 Å². The Morgan fingerprint density at radius 2 is 2.10 bits per heavy atom. The highest BCUT2D eigenvalue weighted by molar-refractivity contribution is 6.02. The molecular weight excluding hydrogens is 385 g/mol. The van der Waals surface area contributed by atoms with Crippen LogP contribution in [0.1, 0.15) is 35.4 Å². The number of nitrogens with one attached hydrogen (secondary N) is 2. The van der Waals surface area contributed by atoms with E-state index in [9.17, 15) is 9.18 Å². The average molecular weight is 409 g/mol. The number of carbonyl (C=O) groups is 1. The van der Waals surface area contributed by atoms with Gasteiger partial charge in [0.2, 0.25) is 0 Å². The van der Waals surface area contributed by atoms with Crippen LogP contribution in [0.5, 0.6) is 0 Å². The van der Waals surface area contributed by atoms with Crippen LogP contribution in [0.2, 0.25) is 0 Å². The van der Waals surface area contributed by atoms with Gasteiger partial charge in [0.05, 0.1) is 23.8 Å². The summed E-state index contributed by atoms with van der Waals surface area (Å²) in [7, 11) is 0. The van der Waals surface area contributed by atoms with Gasteiger partial charge in [0.15, 0.2) is 11.5 Å². The second-order valence-electron chi connectivity index (χ2n) is 8.19. The van der Waals surface area contributed by atoms with Gasteiger partial charge in [-0.25, -0.2) is 19.3 Å². The van der Waals surface area contributed by atoms with Crippen molar-refractivity contribution in [2.45, 2.75) is 32.2 Å². The fraction of sp³-hybridized carbons (Fsp3) is 0.429. The van der Waals surface area contributed by atoms with Gasteiger partial charge in [0, 0.05) is 37.6 Å². The van der Waals surface area contributed by atoms with E-state index >= 15 is 0 Å². The van der Waals surface area contributed by atoms with Crippen LogP contribution in [0, 0.1) is 18.7 Å². The Morgan fingerprint density at radius 1 is 1.23 bits per heavy atom. The molecule has 8 nitrogen and oxygen atoms in total. The van der Waals surface area contributed by atoms with E-state index in [1.807, 2.05) is 0 Å². The number of hydrogen-bond acceptors (Lipinski definition) is 6. The molecular formula is C21H24FN7O. The van der Waals surface area contributed by atoms with Crippen molar-refractivity contribution in [2.24, 2.45) is 5.92 Å². The second kappa shape index (κ2) is 7.64. The minimum atomic E-state index is -0.498. The number of aromatic nitrogens is 4. The first-order chi connectivity index (χ1) is 14.5.